The first-order valence-corrected chi connectivity index (χ1v) is 6.93. The molecule has 0 aliphatic heterocycles. The van der Waals surface area contributed by atoms with Gasteiger partial charge in [0.1, 0.15) is 0 Å². The number of nitrogens with zero attached hydrogens (tertiary/aromatic N) is 1. The van der Waals surface area contributed by atoms with Crippen LogP contribution in [-0.4, -0.2) is 14.2 Å². The minimum atomic E-state index is -3.55. The lowest BCUT2D eigenvalue weighted by atomic mass is 10.1. The van der Waals surface area contributed by atoms with Crippen molar-refractivity contribution in [3.05, 3.63) is 35.9 Å². The van der Waals surface area contributed by atoms with Gasteiger partial charge >= 0.3 is 7.82 Å². The van der Waals surface area contributed by atoms with Gasteiger partial charge in [-0.15, -0.1) is 0 Å². The molecule has 0 saturated heterocycles. The second-order valence-electron chi connectivity index (χ2n) is 3.51. The molecule has 98 valence electrons. The number of nitriles is 1. The predicted molar refractivity (Wildman–Crippen MR) is 66.7 cm³/mol. The number of hydrogen-bond donors (Lipinski definition) is 0. The fraction of sp³-hybridized carbons (Fsp3) is 0.417. The first kappa shape index (κ1) is 14.9. The van der Waals surface area contributed by atoms with Gasteiger partial charge in [0.25, 0.3) is 0 Å². The van der Waals surface area contributed by atoms with Crippen LogP contribution in [-0.2, 0) is 18.1 Å². The topological polar surface area (TPSA) is 68.6 Å². The van der Waals surface area contributed by atoms with Gasteiger partial charge in [-0.25, -0.2) is 4.57 Å². The van der Waals surface area contributed by atoms with E-state index in [-0.39, 0.29) is 0 Å². The van der Waals surface area contributed by atoms with Gasteiger partial charge in [-0.3, -0.25) is 13.6 Å². The average Bonchev–Trinajstić information content (AvgIpc) is 2.44. The summed E-state index contributed by atoms with van der Waals surface area (Å²) in [5.74, 6) is 0. The molecule has 6 heteroatoms. The molecular formula is C12H16NO4P. The Morgan fingerprint density at radius 3 is 2.39 bits per heavy atom. The summed E-state index contributed by atoms with van der Waals surface area (Å²) < 4.78 is 26.8. The highest BCUT2D eigenvalue weighted by atomic mass is 31.2. The molecular weight excluding hydrogens is 253 g/mol. The van der Waals surface area contributed by atoms with Crippen LogP contribution in [0.25, 0.3) is 0 Å². The number of rotatable bonds is 7. The van der Waals surface area contributed by atoms with Crippen molar-refractivity contribution < 1.29 is 18.1 Å². The summed E-state index contributed by atoms with van der Waals surface area (Å²) in [6, 6.07) is 11.3. The van der Waals surface area contributed by atoms with Crippen molar-refractivity contribution >= 4 is 7.82 Å². The van der Waals surface area contributed by atoms with Crippen LogP contribution in [0.5, 0.6) is 0 Å². The van der Waals surface area contributed by atoms with Crippen molar-refractivity contribution in [3.63, 3.8) is 0 Å². The van der Waals surface area contributed by atoms with E-state index in [1.807, 2.05) is 36.4 Å². The molecule has 18 heavy (non-hydrogen) atoms. The molecule has 0 fully saturated rings. The van der Waals surface area contributed by atoms with E-state index in [1.54, 1.807) is 0 Å². The fourth-order valence-electron chi connectivity index (χ4n) is 1.46. The van der Waals surface area contributed by atoms with E-state index in [1.165, 1.54) is 14.2 Å². The summed E-state index contributed by atoms with van der Waals surface area (Å²) in [5.41, 5.74) is 0.835. The Kier molecular flexibility index (Phi) is 6.03. The number of benzene rings is 1. The summed E-state index contributed by atoms with van der Waals surface area (Å²) in [6.45, 7) is 0. The average molecular weight is 269 g/mol. The highest BCUT2D eigenvalue weighted by Gasteiger charge is 2.28. The van der Waals surface area contributed by atoms with E-state index in [0.29, 0.717) is 12.8 Å². The first-order valence-electron chi connectivity index (χ1n) is 5.47. The van der Waals surface area contributed by atoms with Crippen LogP contribution in [0.2, 0.25) is 0 Å². The van der Waals surface area contributed by atoms with Gasteiger partial charge in [0, 0.05) is 20.6 Å². The molecule has 0 aromatic heterocycles. The van der Waals surface area contributed by atoms with Crippen molar-refractivity contribution in [1.29, 1.82) is 5.26 Å². The van der Waals surface area contributed by atoms with Gasteiger partial charge in [0.2, 0.25) is 0 Å². The summed E-state index contributed by atoms with van der Waals surface area (Å²) in [7, 11) is -1.03. The quantitative estimate of drug-likeness (QED) is 0.709. The minimum absolute atomic E-state index is 0.299. The van der Waals surface area contributed by atoms with Gasteiger partial charge in [0.05, 0.1) is 12.2 Å². The van der Waals surface area contributed by atoms with Gasteiger partial charge < -0.3 is 0 Å². The smallest absolute Gasteiger partial charge is 0.290 e. The Balaban J connectivity index is 2.86. The maximum absolute atomic E-state index is 11.9. The zero-order valence-electron chi connectivity index (χ0n) is 10.4. The molecule has 1 aromatic carbocycles. The highest BCUT2D eigenvalue weighted by Crippen LogP contribution is 2.52. The highest BCUT2D eigenvalue weighted by molar-refractivity contribution is 7.48. The molecule has 0 radical (unpaired) electrons. The molecule has 0 spiro atoms. The van der Waals surface area contributed by atoms with Crippen molar-refractivity contribution in [2.45, 2.75) is 18.9 Å². The zero-order chi connectivity index (χ0) is 13.4. The van der Waals surface area contributed by atoms with Gasteiger partial charge in [0.15, 0.2) is 0 Å². The Labute approximate surface area is 107 Å². The van der Waals surface area contributed by atoms with Crippen LogP contribution in [0.3, 0.4) is 0 Å². The lowest BCUT2D eigenvalue weighted by molar-refractivity contribution is 0.100. The Hall–Kier alpha value is -1.18. The van der Waals surface area contributed by atoms with Crippen LogP contribution in [0.15, 0.2) is 30.3 Å². The summed E-state index contributed by atoms with van der Waals surface area (Å²) in [6.07, 6.45) is 0.237. The molecule has 0 saturated carbocycles. The SMILES string of the molecule is COP(=O)(OC)OC(CCC#N)c1ccccc1. The van der Waals surface area contributed by atoms with Gasteiger partial charge in [-0.05, 0) is 12.0 Å². The second kappa shape index (κ2) is 7.30. The zero-order valence-corrected chi connectivity index (χ0v) is 11.3. The van der Waals surface area contributed by atoms with Crippen LogP contribution in [0, 0.1) is 11.3 Å². The fourth-order valence-corrected chi connectivity index (χ4v) is 2.32. The Morgan fingerprint density at radius 2 is 1.89 bits per heavy atom. The molecule has 0 N–H and O–H groups in total. The molecule has 0 heterocycles. The van der Waals surface area contributed by atoms with Crippen molar-refractivity contribution in [1.82, 2.24) is 0 Å². The summed E-state index contributed by atoms with van der Waals surface area (Å²) in [4.78, 5) is 0. The normalized spacial score (nSPS) is 12.9. The number of hydrogen-bond acceptors (Lipinski definition) is 5. The monoisotopic (exact) mass is 269 g/mol. The number of phosphoric acid groups is 1. The third-order valence-corrected chi connectivity index (χ3v) is 3.80. The maximum atomic E-state index is 11.9. The van der Waals surface area contributed by atoms with Crippen molar-refractivity contribution in [2.75, 3.05) is 14.2 Å². The van der Waals surface area contributed by atoms with Crippen molar-refractivity contribution in [2.24, 2.45) is 0 Å². The molecule has 0 aliphatic carbocycles. The largest absolute Gasteiger partial charge is 0.474 e. The molecule has 0 aliphatic rings. The van der Waals surface area contributed by atoms with E-state index in [4.69, 9.17) is 18.8 Å². The van der Waals surface area contributed by atoms with Crippen LogP contribution in [0.1, 0.15) is 24.5 Å². The van der Waals surface area contributed by atoms with Gasteiger partial charge in [-0.1, -0.05) is 30.3 Å². The molecule has 1 aromatic rings. The number of phosphoric ester groups is 1. The lowest BCUT2D eigenvalue weighted by Crippen LogP contribution is -2.05. The van der Waals surface area contributed by atoms with E-state index in [2.05, 4.69) is 0 Å². The standard InChI is InChI=1S/C12H16NO4P/c1-15-18(14,16-2)17-12(9-6-10-13)11-7-4-3-5-8-11/h3-5,7-8,12H,6,9H2,1-2H3. The maximum Gasteiger partial charge on any atom is 0.474 e. The lowest BCUT2D eigenvalue weighted by Gasteiger charge is -2.21. The van der Waals surface area contributed by atoms with E-state index >= 15 is 0 Å². The van der Waals surface area contributed by atoms with Crippen LogP contribution >= 0.6 is 7.82 Å². The molecule has 0 amide bonds. The molecule has 1 unspecified atom stereocenters. The Bertz CT molecular complexity index is 435. The Morgan fingerprint density at radius 1 is 1.28 bits per heavy atom. The van der Waals surface area contributed by atoms with Crippen LogP contribution < -0.4 is 0 Å². The van der Waals surface area contributed by atoms with E-state index in [0.717, 1.165) is 5.56 Å². The predicted octanol–water partition coefficient (Wildman–Crippen LogP) is 3.45. The van der Waals surface area contributed by atoms with Crippen molar-refractivity contribution in [3.8, 4) is 6.07 Å². The second-order valence-corrected chi connectivity index (χ2v) is 5.35. The van der Waals surface area contributed by atoms with Gasteiger partial charge in [-0.2, -0.15) is 5.26 Å². The molecule has 0 bridgehead atoms. The third kappa shape index (κ3) is 4.25. The summed E-state index contributed by atoms with van der Waals surface area (Å²) >= 11 is 0. The van der Waals surface area contributed by atoms with E-state index < -0.39 is 13.9 Å². The third-order valence-electron chi connectivity index (χ3n) is 2.39. The first-order chi connectivity index (χ1) is 8.65. The molecule has 1 atom stereocenters. The summed E-state index contributed by atoms with van der Waals surface area (Å²) in [5, 5.41) is 8.64. The molecule has 5 nitrogen and oxygen atoms in total. The van der Waals surface area contributed by atoms with Crippen LogP contribution in [0.4, 0.5) is 0 Å². The minimum Gasteiger partial charge on any atom is -0.290 e. The molecule has 1 rings (SSSR count). The van der Waals surface area contributed by atoms with E-state index in [9.17, 15) is 4.57 Å².